The Bertz CT molecular complexity index is 515. The summed E-state index contributed by atoms with van der Waals surface area (Å²) in [5.41, 5.74) is 2.18. The molecule has 3 rings (SSSR count). The summed E-state index contributed by atoms with van der Waals surface area (Å²) in [5, 5.41) is 7.42. The van der Waals surface area contributed by atoms with E-state index in [1.165, 1.54) is 12.0 Å². The Balaban J connectivity index is 1.89. The fourth-order valence-electron chi connectivity index (χ4n) is 2.18. The smallest absolute Gasteiger partial charge is 0.257 e. The molecule has 1 aliphatic rings. The van der Waals surface area contributed by atoms with Crippen LogP contribution in [0, 0.1) is 6.92 Å². The van der Waals surface area contributed by atoms with E-state index in [1.54, 1.807) is 0 Å². The third-order valence-electron chi connectivity index (χ3n) is 3.08. The highest BCUT2D eigenvalue weighted by Gasteiger charge is 2.21. The number of benzene rings is 1. The lowest BCUT2D eigenvalue weighted by Crippen LogP contribution is -2.14. The number of rotatable bonds is 2. The first-order valence-electron chi connectivity index (χ1n) is 5.97. The van der Waals surface area contributed by atoms with Gasteiger partial charge in [0.2, 0.25) is 0 Å². The van der Waals surface area contributed by atoms with Crippen molar-refractivity contribution in [2.45, 2.75) is 25.8 Å². The van der Waals surface area contributed by atoms with E-state index in [-0.39, 0.29) is 6.04 Å². The zero-order valence-corrected chi connectivity index (χ0v) is 9.81. The van der Waals surface area contributed by atoms with Gasteiger partial charge >= 0.3 is 0 Å². The average Bonchev–Trinajstić information content (AvgIpc) is 3.00. The van der Waals surface area contributed by atoms with Crippen molar-refractivity contribution < 1.29 is 4.52 Å². The largest absolute Gasteiger partial charge is 0.334 e. The van der Waals surface area contributed by atoms with Gasteiger partial charge in [0.15, 0.2) is 5.82 Å². The molecule has 88 valence electrons. The minimum Gasteiger partial charge on any atom is -0.334 e. The lowest BCUT2D eigenvalue weighted by Gasteiger charge is -2.01. The van der Waals surface area contributed by atoms with E-state index >= 15 is 0 Å². The van der Waals surface area contributed by atoms with Gasteiger partial charge < -0.3 is 9.84 Å². The van der Waals surface area contributed by atoms with Gasteiger partial charge in [-0.05, 0) is 38.4 Å². The number of aryl methyl sites for hydroxylation is 1. The highest BCUT2D eigenvalue weighted by molar-refractivity contribution is 5.53. The first-order chi connectivity index (χ1) is 8.33. The van der Waals surface area contributed by atoms with Gasteiger partial charge in [-0.3, -0.25) is 0 Å². The molecular formula is C13H15N3O. The van der Waals surface area contributed by atoms with Gasteiger partial charge in [0.05, 0.1) is 6.04 Å². The summed E-state index contributed by atoms with van der Waals surface area (Å²) in [4.78, 5) is 4.46. The van der Waals surface area contributed by atoms with E-state index in [0.717, 1.165) is 24.4 Å². The van der Waals surface area contributed by atoms with E-state index in [0.29, 0.717) is 5.89 Å². The molecule has 0 radical (unpaired) electrons. The SMILES string of the molecule is Cc1cccc(-c2nc(C3CCCN3)no2)c1. The first kappa shape index (κ1) is 10.5. The van der Waals surface area contributed by atoms with Gasteiger partial charge in [-0.15, -0.1) is 0 Å². The molecule has 0 spiro atoms. The summed E-state index contributed by atoms with van der Waals surface area (Å²) in [6.45, 7) is 3.10. The van der Waals surface area contributed by atoms with Crippen LogP contribution in [0.1, 0.15) is 30.3 Å². The van der Waals surface area contributed by atoms with Crippen LogP contribution in [0.25, 0.3) is 11.5 Å². The van der Waals surface area contributed by atoms with Gasteiger partial charge in [0.25, 0.3) is 5.89 Å². The summed E-state index contributed by atoms with van der Waals surface area (Å²) in [6.07, 6.45) is 2.27. The summed E-state index contributed by atoms with van der Waals surface area (Å²) in [6, 6.07) is 8.37. The Morgan fingerprint density at radius 1 is 1.41 bits per heavy atom. The molecule has 1 fully saturated rings. The lowest BCUT2D eigenvalue weighted by atomic mass is 10.1. The maximum Gasteiger partial charge on any atom is 0.257 e. The predicted molar refractivity (Wildman–Crippen MR) is 64.4 cm³/mol. The predicted octanol–water partition coefficient (Wildman–Crippen LogP) is 2.47. The van der Waals surface area contributed by atoms with Gasteiger partial charge in [-0.1, -0.05) is 22.9 Å². The Morgan fingerprint density at radius 3 is 3.12 bits per heavy atom. The van der Waals surface area contributed by atoms with Crippen LogP contribution in [0.4, 0.5) is 0 Å². The number of nitrogens with zero attached hydrogens (tertiary/aromatic N) is 2. The normalized spacial score (nSPS) is 19.7. The standard InChI is InChI=1S/C13H15N3O/c1-9-4-2-5-10(8-9)13-15-12(16-17-13)11-6-3-7-14-11/h2,4-5,8,11,14H,3,6-7H2,1H3. The highest BCUT2D eigenvalue weighted by Crippen LogP contribution is 2.24. The number of nitrogens with one attached hydrogen (secondary N) is 1. The molecule has 4 heteroatoms. The maximum atomic E-state index is 5.32. The van der Waals surface area contributed by atoms with Crippen molar-refractivity contribution in [3.05, 3.63) is 35.7 Å². The summed E-state index contributed by atoms with van der Waals surface area (Å²) < 4.78 is 5.32. The van der Waals surface area contributed by atoms with E-state index < -0.39 is 0 Å². The zero-order chi connectivity index (χ0) is 11.7. The van der Waals surface area contributed by atoms with E-state index in [1.807, 2.05) is 12.1 Å². The Morgan fingerprint density at radius 2 is 2.35 bits per heavy atom. The molecule has 0 bridgehead atoms. The summed E-state index contributed by atoms with van der Waals surface area (Å²) in [7, 11) is 0. The molecule has 0 saturated carbocycles. The monoisotopic (exact) mass is 229 g/mol. The molecular weight excluding hydrogens is 214 g/mol. The highest BCUT2D eigenvalue weighted by atomic mass is 16.5. The van der Waals surface area contributed by atoms with Crippen LogP contribution in [-0.2, 0) is 0 Å². The van der Waals surface area contributed by atoms with Crippen molar-refractivity contribution in [2.24, 2.45) is 0 Å². The van der Waals surface area contributed by atoms with Crippen LogP contribution in [0.3, 0.4) is 0 Å². The van der Waals surface area contributed by atoms with Crippen molar-refractivity contribution in [3.63, 3.8) is 0 Å². The van der Waals surface area contributed by atoms with Gasteiger partial charge in [-0.2, -0.15) is 4.98 Å². The minimum atomic E-state index is 0.261. The van der Waals surface area contributed by atoms with Crippen LogP contribution in [-0.4, -0.2) is 16.7 Å². The Labute approximate surface area is 100 Å². The minimum absolute atomic E-state index is 0.261. The third-order valence-corrected chi connectivity index (χ3v) is 3.08. The number of hydrogen-bond donors (Lipinski definition) is 1. The third kappa shape index (κ3) is 2.08. The van der Waals surface area contributed by atoms with Gasteiger partial charge in [0.1, 0.15) is 0 Å². The molecule has 0 amide bonds. The van der Waals surface area contributed by atoms with Crippen LogP contribution < -0.4 is 5.32 Å². The fraction of sp³-hybridized carbons (Fsp3) is 0.385. The van der Waals surface area contributed by atoms with Crippen LogP contribution in [0.2, 0.25) is 0 Å². The maximum absolute atomic E-state index is 5.32. The van der Waals surface area contributed by atoms with Crippen LogP contribution in [0.5, 0.6) is 0 Å². The van der Waals surface area contributed by atoms with Crippen LogP contribution in [0.15, 0.2) is 28.8 Å². The second-order valence-electron chi connectivity index (χ2n) is 4.48. The number of aromatic nitrogens is 2. The Hall–Kier alpha value is -1.68. The van der Waals surface area contributed by atoms with Crippen molar-refractivity contribution in [2.75, 3.05) is 6.54 Å². The van der Waals surface area contributed by atoms with E-state index in [9.17, 15) is 0 Å². The molecule has 1 N–H and O–H groups in total. The molecule has 1 aromatic carbocycles. The molecule has 2 aromatic rings. The molecule has 1 atom stereocenters. The molecule has 1 unspecified atom stereocenters. The van der Waals surface area contributed by atoms with Crippen molar-refractivity contribution in [1.82, 2.24) is 15.5 Å². The molecule has 17 heavy (non-hydrogen) atoms. The molecule has 1 aromatic heterocycles. The average molecular weight is 229 g/mol. The van der Waals surface area contributed by atoms with Gasteiger partial charge in [-0.25, -0.2) is 0 Å². The number of hydrogen-bond acceptors (Lipinski definition) is 4. The lowest BCUT2D eigenvalue weighted by molar-refractivity contribution is 0.412. The Kier molecular flexibility index (Phi) is 2.65. The summed E-state index contributed by atoms with van der Waals surface area (Å²) in [5.74, 6) is 1.39. The van der Waals surface area contributed by atoms with Crippen molar-refractivity contribution in [1.29, 1.82) is 0 Å². The quantitative estimate of drug-likeness (QED) is 0.859. The molecule has 1 saturated heterocycles. The van der Waals surface area contributed by atoms with E-state index in [2.05, 4.69) is 34.5 Å². The zero-order valence-electron chi connectivity index (χ0n) is 9.81. The second kappa shape index (κ2) is 4.30. The fourth-order valence-corrected chi connectivity index (χ4v) is 2.18. The van der Waals surface area contributed by atoms with Gasteiger partial charge in [0, 0.05) is 5.56 Å². The molecule has 1 aliphatic heterocycles. The van der Waals surface area contributed by atoms with Crippen molar-refractivity contribution >= 4 is 0 Å². The molecule has 2 heterocycles. The van der Waals surface area contributed by atoms with Crippen molar-refractivity contribution in [3.8, 4) is 11.5 Å². The van der Waals surface area contributed by atoms with Crippen LogP contribution >= 0.6 is 0 Å². The second-order valence-corrected chi connectivity index (χ2v) is 4.48. The topological polar surface area (TPSA) is 51.0 Å². The summed E-state index contributed by atoms with van der Waals surface area (Å²) >= 11 is 0. The molecule has 0 aliphatic carbocycles. The first-order valence-corrected chi connectivity index (χ1v) is 5.97. The van der Waals surface area contributed by atoms with E-state index in [4.69, 9.17) is 4.52 Å². The molecule has 4 nitrogen and oxygen atoms in total.